The van der Waals surface area contributed by atoms with E-state index >= 15 is 0 Å². The van der Waals surface area contributed by atoms with Crippen LogP contribution in [0.2, 0.25) is 0 Å². The van der Waals surface area contributed by atoms with Crippen LogP contribution < -0.4 is 5.32 Å². The maximum atomic E-state index is 12.7. The molecular formula is C20H23N3O3S. The summed E-state index contributed by atoms with van der Waals surface area (Å²) in [6.07, 6.45) is 0.528. The third-order valence-electron chi connectivity index (χ3n) is 4.27. The van der Waals surface area contributed by atoms with Crippen LogP contribution >= 0.6 is 11.3 Å². The molecule has 27 heavy (non-hydrogen) atoms. The maximum absolute atomic E-state index is 12.7. The van der Waals surface area contributed by atoms with Gasteiger partial charge in [0.2, 0.25) is 0 Å². The first kappa shape index (κ1) is 19.1. The lowest BCUT2D eigenvalue weighted by molar-refractivity contribution is -0.143. The number of fused-ring (bicyclic) bond motifs is 1. The van der Waals surface area contributed by atoms with Gasteiger partial charge in [0.05, 0.1) is 23.4 Å². The molecule has 6 nitrogen and oxygen atoms in total. The highest BCUT2D eigenvalue weighted by atomic mass is 32.1. The summed E-state index contributed by atoms with van der Waals surface area (Å²) in [4.78, 5) is 26.2. The number of aromatic nitrogens is 2. The van der Waals surface area contributed by atoms with Crippen LogP contribution in [0.5, 0.6) is 0 Å². The van der Waals surface area contributed by atoms with Crippen LogP contribution in [0.3, 0.4) is 0 Å². The number of esters is 1. The number of nitrogens with zero attached hydrogens (tertiary/aromatic N) is 2. The number of ether oxygens (including phenoxy) is 1. The normalized spacial score (nSPS) is 12.3. The van der Waals surface area contributed by atoms with E-state index in [-0.39, 0.29) is 11.8 Å². The third kappa shape index (κ3) is 4.03. The molecule has 0 aliphatic carbocycles. The Labute approximate surface area is 162 Å². The Morgan fingerprint density at radius 2 is 1.96 bits per heavy atom. The minimum Gasteiger partial charge on any atom is -0.467 e. The average molecular weight is 385 g/mol. The molecule has 3 rings (SSSR count). The highest BCUT2D eigenvalue weighted by Crippen LogP contribution is 2.30. The highest BCUT2D eigenvalue weighted by Gasteiger charge is 2.25. The van der Waals surface area contributed by atoms with Gasteiger partial charge in [-0.3, -0.25) is 4.79 Å². The number of amides is 1. The van der Waals surface area contributed by atoms with E-state index in [1.807, 2.05) is 61.9 Å². The Hall–Kier alpha value is -2.67. The first-order valence-electron chi connectivity index (χ1n) is 8.84. The average Bonchev–Trinajstić information content (AvgIpc) is 3.21. The van der Waals surface area contributed by atoms with Gasteiger partial charge in [0.25, 0.3) is 5.91 Å². The summed E-state index contributed by atoms with van der Waals surface area (Å²) in [5.74, 6) is -0.443. The minimum absolute atomic E-state index is 0.255. The predicted octanol–water partition coefficient (Wildman–Crippen LogP) is 3.71. The smallest absolute Gasteiger partial charge is 0.328 e. The van der Waals surface area contributed by atoms with Crippen LogP contribution in [0.1, 0.15) is 35.6 Å². The van der Waals surface area contributed by atoms with E-state index in [0.29, 0.717) is 11.3 Å². The van der Waals surface area contributed by atoms with Crippen LogP contribution in [0, 0.1) is 12.8 Å². The summed E-state index contributed by atoms with van der Waals surface area (Å²) in [7, 11) is 1.33. The largest absolute Gasteiger partial charge is 0.467 e. The summed E-state index contributed by atoms with van der Waals surface area (Å²) < 4.78 is 6.67. The Morgan fingerprint density at radius 3 is 2.59 bits per heavy atom. The monoisotopic (exact) mass is 385 g/mol. The van der Waals surface area contributed by atoms with E-state index in [1.165, 1.54) is 18.4 Å². The highest BCUT2D eigenvalue weighted by molar-refractivity contribution is 7.20. The number of thiophene rings is 1. The second kappa shape index (κ2) is 7.92. The zero-order valence-corrected chi connectivity index (χ0v) is 16.7. The van der Waals surface area contributed by atoms with Crippen LogP contribution in [0.25, 0.3) is 15.9 Å². The number of rotatable bonds is 6. The number of benzene rings is 1. The van der Waals surface area contributed by atoms with Crippen molar-refractivity contribution >= 4 is 33.4 Å². The Morgan fingerprint density at radius 1 is 1.26 bits per heavy atom. The van der Waals surface area contributed by atoms with Crippen molar-refractivity contribution < 1.29 is 14.3 Å². The topological polar surface area (TPSA) is 73.2 Å². The molecule has 3 aromatic rings. The molecule has 1 unspecified atom stereocenters. The van der Waals surface area contributed by atoms with E-state index < -0.39 is 12.0 Å². The fourth-order valence-electron chi connectivity index (χ4n) is 2.96. The molecule has 1 N–H and O–H groups in total. The van der Waals surface area contributed by atoms with E-state index in [9.17, 15) is 9.59 Å². The SMILES string of the molecule is COC(=O)C(CC(C)C)NC(=O)c1cc2c(C)nn(-c3ccccc3)c2s1. The van der Waals surface area contributed by atoms with Crippen LogP contribution in [0.15, 0.2) is 36.4 Å². The Bertz CT molecular complexity index is 960. The van der Waals surface area contributed by atoms with E-state index in [4.69, 9.17) is 4.74 Å². The quantitative estimate of drug-likeness (QED) is 0.657. The molecule has 142 valence electrons. The summed E-state index contributed by atoms with van der Waals surface area (Å²) in [5.41, 5.74) is 1.80. The van der Waals surface area contributed by atoms with Crippen LogP contribution in [-0.4, -0.2) is 34.8 Å². The molecule has 1 atom stereocenters. The van der Waals surface area contributed by atoms with Gasteiger partial charge in [-0.1, -0.05) is 32.0 Å². The molecular weight excluding hydrogens is 362 g/mol. The summed E-state index contributed by atoms with van der Waals surface area (Å²) in [6.45, 7) is 5.92. The van der Waals surface area contributed by atoms with Crippen molar-refractivity contribution in [2.24, 2.45) is 5.92 Å². The molecule has 1 aromatic carbocycles. The van der Waals surface area contributed by atoms with Crippen molar-refractivity contribution in [3.05, 3.63) is 47.0 Å². The summed E-state index contributed by atoms with van der Waals surface area (Å²) in [6, 6.07) is 11.0. The molecule has 2 aromatic heterocycles. The molecule has 0 spiro atoms. The zero-order chi connectivity index (χ0) is 19.6. The van der Waals surface area contributed by atoms with Crippen molar-refractivity contribution in [1.82, 2.24) is 15.1 Å². The van der Waals surface area contributed by atoms with Crippen molar-refractivity contribution in [3.63, 3.8) is 0 Å². The van der Waals surface area contributed by atoms with Crippen LogP contribution in [0.4, 0.5) is 0 Å². The van der Waals surface area contributed by atoms with Gasteiger partial charge in [-0.2, -0.15) is 5.10 Å². The minimum atomic E-state index is -0.653. The lowest BCUT2D eigenvalue weighted by atomic mass is 10.0. The van der Waals surface area contributed by atoms with Gasteiger partial charge in [-0.25, -0.2) is 9.48 Å². The summed E-state index contributed by atoms with van der Waals surface area (Å²) >= 11 is 1.36. The predicted molar refractivity (Wildman–Crippen MR) is 106 cm³/mol. The second-order valence-corrected chi connectivity index (χ2v) is 7.87. The second-order valence-electron chi connectivity index (χ2n) is 6.84. The molecule has 0 saturated carbocycles. The number of hydrogen-bond acceptors (Lipinski definition) is 5. The lowest BCUT2D eigenvalue weighted by Crippen LogP contribution is -2.42. The van der Waals surface area contributed by atoms with Crippen molar-refractivity contribution in [2.75, 3.05) is 7.11 Å². The number of hydrogen-bond donors (Lipinski definition) is 1. The van der Waals surface area contributed by atoms with E-state index in [1.54, 1.807) is 0 Å². The first-order valence-corrected chi connectivity index (χ1v) is 9.65. The maximum Gasteiger partial charge on any atom is 0.328 e. The zero-order valence-electron chi connectivity index (χ0n) is 15.9. The fraction of sp³-hybridized carbons (Fsp3) is 0.350. The summed E-state index contributed by atoms with van der Waals surface area (Å²) in [5, 5.41) is 8.33. The van der Waals surface area contributed by atoms with Crippen molar-refractivity contribution in [3.8, 4) is 5.69 Å². The molecule has 0 fully saturated rings. The van der Waals surface area contributed by atoms with Gasteiger partial charge in [0.1, 0.15) is 10.9 Å². The van der Waals surface area contributed by atoms with Gasteiger partial charge in [-0.15, -0.1) is 11.3 Å². The van der Waals surface area contributed by atoms with Gasteiger partial charge in [-0.05, 0) is 37.5 Å². The molecule has 0 bridgehead atoms. The van der Waals surface area contributed by atoms with Gasteiger partial charge < -0.3 is 10.1 Å². The van der Waals surface area contributed by atoms with Crippen molar-refractivity contribution in [2.45, 2.75) is 33.2 Å². The standard InChI is InChI=1S/C20H23N3O3S/c1-12(2)10-16(20(25)26-4)21-18(24)17-11-15-13(3)22-23(19(15)27-17)14-8-6-5-7-9-14/h5-9,11-12,16H,10H2,1-4H3,(H,21,24). The number of para-hydroxylation sites is 1. The lowest BCUT2D eigenvalue weighted by Gasteiger charge is -2.17. The molecule has 7 heteroatoms. The number of aryl methyl sites for hydroxylation is 1. The Balaban J connectivity index is 1.91. The number of carbonyl (C=O) groups is 2. The molecule has 0 aliphatic heterocycles. The van der Waals surface area contributed by atoms with Gasteiger partial charge >= 0.3 is 5.97 Å². The molecule has 2 heterocycles. The van der Waals surface area contributed by atoms with Gasteiger partial charge in [0.15, 0.2) is 0 Å². The third-order valence-corrected chi connectivity index (χ3v) is 5.38. The fourth-order valence-corrected chi connectivity index (χ4v) is 4.05. The van der Waals surface area contributed by atoms with Crippen molar-refractivity contribution in [1.29, 1.82) is 0 Å². The van der Waals surface area contributed by atoms with Crippen LogP contribution in [-0.2, 0) is 9.53 Å². The molecule has 0 saturated heterocycles. The molecule has 0 radical (unpaired) electrons. The van der Waals surface area contributed by atoms with E-state index in [2.05, 4.69) is 10.4 Å². The molecule has 0 aliphatic rings. The number of nitrogens with one attached hydrogen (secondary N) is 1. The number of carbonyl (C=O) groups excluding carboxylic acids is 2. The van der Waals surface area contributed by atoms with E-state index in [0.717, 1.165) is 21.6 Å². The Kier molecular flexibility index (Phi) is 5.60. The number of methoxy groups -OCH3 is 1. The molecule has 1 amide bonds. The first-order chi connectivity index (χ1) is 12.9. The van der Waals surface area contributed by atoms with Gasteiger partial charge in [0, 0.05) is 5.39 Å².